The molecule has 0 saturated carbocycles. The lowest BCUT2D eigenvalue weighted by atomic mass is 9.95. The first kappa shape index (κ1) is 18.9. The summed E-state index contributed by atoms with van der Waals surface area (Å²) >= 11 is 0. The highest BCUT2D eigenvalue weighted by atomic mass is 16.6. The number of hydrogen-bond donors (Lipinski definition) is 1. The summed E-state index contributed by atoms with van der Waals surface area (Å²) in [5, 5.41) is 18.4. The molecule has 1 aromatic heterocycles. The topological polar surface area (TPSA) is 92.1 Å². The van der Waals surface area contributed by atoms with Gasteiger partial charge in [-0.3, -0.25) is 20.0 Å². The first-order valence-corrected chi connectivity index (χ1v) is 9.72. The minimum atomic E-state index is -0.417. The highest BCUT2D eigenvalue weighted by Crippen LogP contribution is 2.43. The van der Waals surface area contributed by atoms with Gasteiger partial charge in [0.25, 0.3) is 11.6 Å². The van der Waals surface area contributed by atoms with E-state index in [1.807, 2.05) is 36.1 Å². The van der Waals surface area contributed by atoms with E-state index in [9.17, 15) is 14.9 Å². The second kappa shape index (κ2) is 7.50. The Kier molecular flexibility index (Phi) is 4.88. The molecule has 0 aliphatic carbocycles. The molecule has 1 atom stereocenters. The largest absolute Gasteiger partial charge is 0.326 e. The lowest BCUT2D eigenvalue weighted by molar-refractivity contribution is -0.384. The number of nitro groups is 1. The fourth-order valence-electron chi connectivity index (χ4n) is 3.81. The molecule has 3 aromatic rings. The summed E-state index contributed by atoms with van der Waals surface area (Å²) in [5.41, 5.74) is 5.04. The van der Waals surface area contributed by atoms with Crippen molar-refractivity contribution >= 4 is 11.6 Å². The van der Waals surface area contributed by atoms with Gasteiger partial charge in [-0.25, -0.2) is 0 Å². The summed E-state index contributed by atoms with van der Waals surface area (Å²) in [7, 11) is 0. The molecule has 1 unspecified atom stereocenters. The summed E-state index contributed by atoms with van der Waals surface area (Å²) in [6.45, 7) is 4.72. The van der Waals surface area contributed by atoms with Gasteiger partial charge in [0.1, 0.15) is 5.69 Å². The maximum atomic E-state index is 13.1. The van der Waals surface area contributed by atoms with E-state index in [2.05, 4.69) is 17.1 Å². The van der Waals surface area contributed by atoms with Crippen molar-refractivity contribution in [3.63, 3.8) is 0 Å². The van der Waals surface area contributed by atoms with E-state index in [0.717, 1.165) is 40.8 Å². The van der Waals surface area contributed by atoms with Crippen molar-refractivity contribution in [1.29, 1.82) is 0 Å². The molecule has 1 aliphatic rings. The molecule has 7 nitrogen and oxygen atoms in total. The molecule has 1 aliphatic heterocycles. The van der Waals surface area contributed by atoms with Gasteiger partial charge in [-0.15, -0.1) is 0 Å². The molecule has 2 aromatic carbocycles. The van der Waals surface area contributed by atoms with Crippen molar-refractivity contribution in [2.24, 2.45) is 0 Å². The molecule has 0 spiro atoms. The van der Waals surface area contributed by atoms with Gasteiger partial charge in [-0.05, 0) is 31.0 Å². The normalized spacial score (nSPS) is 15.6. The predicted octanol–water partition coefficient (Wildman–Crippen LogP) is 4.64. The van der Waals surface area contributed by atoms with Crippen LogP contribution in [0.1, 0.15) is 53.0 Å². The van der Waals surface area contributed by atoms with E-state index < -0.39 is 4.92 Å². The highest BCUT2D eigenvalue weighted by molar-refractivity contribution is 6.00. The lowest BCUT2D eigenvalue weighted by Crippen LogP contribution is -2.30. The Hall–Kier alpha value is -3.48. The summed E-state index contributed by atoms with van der Waals surface area (Å²) in [5.74, 6) is -0.0809. The van der Waals surface area contributed by atoms with E-state index in [-0.39, 0.29) is 17.6 Å². The molecule has 0 bridgehead atoms. The van der Waals surface area contributed by atoms with E-state index in [4.69, 9.17) is 0 Å². The number of rotatable bonds is 6. The van der Waals surface area contributed by atoms with Crippen LogP contribution in [0.4, 0.5) is 5.69 Å². The summed E-state index contributed by atoms with van der Waals surface area (Å²) < 4.78 is 0. The standard InChI is InChI=1S/C22H22N4O3/c1-3-4-13-25-21(16-9-11-17(12-10-16)26(28)29)18-19(23-24-20(18)22(25)27)15-7-5-14(2)6-8-15/h5-12,21H,3-4,13H2,1-2H3,(H,23,24). The zero-order valence-corrected chi connectivity index (χ0v) is 16.4. The number of aromatic nitrogens is 2. The van der Waals surface area contributed by atoms with Crippen LogP contribution in [0.3, 0.4) is 0 Å². The number of benzene rings is 2. The number of hydrogen-bond acceptors (Lipinski definition) is 4. The number of carbonyl (C=O) groups is 1. The summed E-state index contributed by atoms with van der Waals surface area (Å²) in [6.07, 6.45) is 1.85. The molecule has 0 saturated heterocycles. The van der Waals surface area contributed by atoms with Gasteiger partial charge in [-0.2, -0.15) is 5.10 Å². The number of nitro benzene ring substituents is 1. The Balaban J connectivity index is 1.83. The second-order valence-corrected chi connectivity index (χ2v) is 7.33. The van der Waals surface area contributed by atoms with E-state index >= 15 is 0 Å². The summed E-state index contributed by atoms with van der Waals surface area (Å²) in [6, 6.07) is 14.1. The molecule has 29 heavy (non-hydrogen) atoms. The van der Waals surface area contributed by atoms with E-state index in [1.54, 1.807) is 12.1 Å². The fraction of sp³-hybridized carbons (Fsp3) is 0.273. The Morgan fingerprint density at radius 3 is 2.45 bits per heavy atom. The van der Waals surface area contributed by atoms with Crippen molar-refractivity contribution < 1.29 is 9.72 Å². The molecular weight excluding hydrogens is 368 g/mol. The van der Waals surface area contributed by atoms with Gasteiger partial charge in [0.15, 0.2) is 0 Å². The first-order chi connectivity index (χ1) is 14.0. The second-order valence-electron chi connectivity index (χ2n) is 7.33. The molecule has 1 amide bonds. The molecule has 7 heteroatoms. The molecular formula is C22H22N4O3. The van der Waals surface area contributed by atoms with Crippen LogP contribution in [0.2, 0.25) is 0 Å². The van der Waals surface area contributed by atoms with Crippen LogP contribution >= 0.6 is 0 Å². The number of fused-ring (bicyclic) bond motifs is 1. The summed E-state index contributed by atoms with van der Waals surface area (Å²) in [4.78, 5) is 25.6. The van der Waals surface area contributed by atoms with Crippen LogP contribution in [0.5, 0.6) is 0 Å². The number of aryl methyl sites for hydroxylation is 1. The average molecular weight is 390 g/mol. The fourth-order valence-corrected chi connectivity index (χ4v) is 3.81. The third kappa shape index (κ3) is 3.29. The van der Waals surface area contributed by atoms with Crippen LogP contribution in [0, 0.1) is 17.0 Å². The van der Waals surface area contributed by atoms with Crippen LogP contribution in [0.25, 0.3) is 11.3 Å². The smallest absolute Gasteiger partial charge is 0.273 e. The number of H-pyrrole nitrogens is 1. The number of non-ortho nitro benzene ring substituents is 1. The van der Waals surface area contributed by atoms with Gasteiger partial charge in [0.2, 0.25) is 0 Å². The monoisotopic (exact) mass is 390 g/mol. The van der Waals surface area contributed by atoms with Gasteiger partial charge >= 0.3 is 0 Å². The number of unbranched alkanes of at least 4 members (excludes halogenated alkanes) is 1. The predicted molar refractivity (Wildman–Crippen MR) is 110 cm³/mol. The number of aromatic amines is 1. The van der Waals surface area contributed by atoms with Gasteiger partial charge < -0.3 is 4.90 Å². The third-order valence-electron chi connectivity index (χ3n) is 5.36. The number of amides is 1. The zero-order chi connectivity index (χ0) is 20.5. The average Bonchev–Trinajstić information content (AvgIpc) is 3.26. The number of carbonyl (C=O) groups excluding carboxylic acids is 1. The van der Waals surface area contributed by atoms with Crippen LogP contribution in [-0.2, 0) is 0 Å². The molecule has 2 heterocycles. The molecule has 1 N–H and O–H groups in total. The van der Waals surface area contributed by atoms with Crippen molar-refractivity contribution in [2.75, 3.05) is 6.54 Å². The lowest BCUT2D eigenvalue weighted by Gasteiger charge is -2.26. The van der Waals surface area contributed by atoms with Crippen molar-refractivity contribution in [3.05, 3.63) is 81.0 Å². The Bertz CT molecular complexity index is 1050. The highest BCUT2D eigenvalue weighted by Gasteiger charge is 2.41. The van der Waals surface area contributed by atoms with Crippen molar-refractivity contribution in [2.45, 2.75) is 32.7 Å². The van der Waals surface area contributed by atoms with Crippen LogP contribution < -0.4 is 0 Å². The first-order valence-electron chi connectivity index (χ1n) is 9.72. The van der Waals surface area contributed by atoms with Crippen LogP contribution in [0.15, 0.2) is 48.5 Å². The van der Waals surface area contributed by atoms with Crippen molar-refractivity contribution in [3.8, 4) is 11.3 Å². The molecule has 0 fully saturated rings. The van der Waals surface area contributed by atoms with Gasteiger partial charge in [0, 0.05) is 29.8 Å². The molecule has 148 valence electrons. The zero-order valence-electron chi connectivity index (χ0n) is 16.4. The SMILES string of the molecule is CCCCN1C(=O)c2[nH]nc(-c3ccc(C)cc3)c2C1c1ccc([N+](=O)[O-])cc1. The maximum Gasteiger partial charge on any atom is 0.273 e. The number of nitrogens with zero attached hydrogens (tertiary/aromatic N) is 3. The Labute approximate surface area is 168 Å². The van der Waals surface area contributed by atoms with E-state index in [0.29, 0.717) is 12.2 Å². The van der Waals surface area contributed by atoms with E-state index in [1.165, 1.54) is 12.1 Å². The molecule has 4 rings (SSSR count). The quantitative estimate of drug-likeness (QED) is 0.490. The minimum Gasteiger partial charge on any atom is -0.326 e. The maximum absolute atomic E-state index is 13.1. The van der Waals surface area contributed by atoms with Gasteiger partial charge in [-0.1, -0.05) is 43.2 Å². The van der Waals surface area contributed by atoms with Crippen molar-refractivity contribution in [1.82, 2.24) is 15.1 Å². The third-order valence-corrected chi connectivity index (χ3v) is 5.36. The minimum absolute atomic E-state index is 0.0318. The molecule has 0 radical (unpaired) electrons. The van der Waals surface area contributed by atoms with Crippen LogP contribution in [-0.4, -0.2) is 32.5 Å². The Morgan fingerprint density at radius 2 is 1.83 bits per heavy atom. The number of nitrogens with one attached hydrogen (secondary N) is 1. The Morgan fingerprint density at radius 1 is 1.14 bits per heavy atom. The van der Waals surface area contributed by atoms with Gasteiger partial charge in [0.05, 0.1) is 16.7 Å².